The zero-order valence-corrected chi connectivity index (χ0v) is 17.1. The van der Waals surface area contributed by atoms with Crippen LogP contribution in [0.2, 0.25) is 5.02 Å². The molecule has 0 radical (unpaired) electrons. The zero-order valence-electron chi connectivity index (χ0n) is 15.5. The molecule has 8 heteroatoms. The number of methoxy groups -OCH3 is 1. The Morgan fingerprint density at radius 2 is 2.15 bits per heavy atom. The van der Waals surface area contributed by atoms with Crippen LogP contribution in [0.15, 0.2) is 30.3 Å². The van der Waals surface area contributed by atoms with Crippen molar-refractivity contribution in [1.29, 1.82) is 0 Å². The second-order valence-electron chi connectivity index (χ2n) is 6.53. The fraction of sp³-hybridized carbons (Fsp3) is 0.421. The first-order chi connectivity index (χ1) is 13.1. The third kappa shape index (κ3) is 5.20. The van der Waals surface area contributed by atoms with E-state index in [-0.39, 0.29) is 0 Å². The Labute approximate surface area is 170 Å². The maximum Gasteiger partial charge on any atom is 0.234 e. The Bertz CT molecular complexity index is 803. The Hall–Kier alpha value is -2.12. The average Bonchev–Trinajstić information content (AvgIpc) is 2.67. The van der Waals surface area contributed by atoms with Crippen molar-refractivity contribution in [3.8, 4) is 5.88 Å². The highest BCUT2D eigenvalue weighted by atomic mass is 35.5. The Kier molecular flexibility index (Phi) is 6.68. The number of hydrogen-bond acceptors (Lipinski definition) is 5. The smallest absolute Gasteiger partial charge is 0.234 e. The molecule has 1 aromatic carbocycles. The first-order valence-corrected chi connectivity index (χ1v) is 9.83. The van der Waals surface area contributed by atoms with E-state index in [9.17, 15) is 0 Å². The van der Waals surface area contributed by atoms with Gasteiger partial charge in [-0.15, -0.1) is 0 Å². The van der Waals surface area contributed by atoms with Crippen LogP contribution in [-0.4, -0.2) is 34.8 Å². The van der Waals surface area contributed by atoms with Gasteiger partial charge in [-0.25, -0.2) is 0 Å². The van der Waals surface area contributed by atoms with Crippen molar-refractivity contribution in [3.05, 3.63) is 40.9 Å². The van der Waals surface area contributed by atoms with E-state index in [1.165, 1.54) is 6.42 Å². The monoisotopic (exact) mass is 405 g/mol. The maximum atomic E-state index is 6.18. The van der Waals surface area contributed by atoms with Crippen molar-refractivity contribution in [2.75, 3.05) is 23.9 Å². The summed E-state index contributed by atoms with van der Waals surface area (Å²) in [6.07, 6.45) is 3.57. The van der Waals surface area contributed by atoms with Gasteiger partial charge in [0.15, 0.2) is 5.11 Å². The molecule has 0 unspecified atom stereocenters. The van der Waals surface area contributed by atoms with Gasteiger partial charge in [-0.2, -0.15) is 9.97 Å². The molecule has 144 valence electrons. The van der Waals surface area contributed by atoms with Crippen molar-refractivity contribution in [2.24, 2.45) is 0 Å². The number of thiocarbonyl (C=S) groups is 1. The summed E-state index contributed by atoms with van der Waals surface area (Å²) in [5, 5.41) is 7.32. The average molecular weight is 406 g/mol. The highest BCUT2D eigenvalue weighted by molar-refractivity contribution is 7.80. The number of nitrogens with one attached hydrogen (secondary N) is 2. The normalized spacial score (nSPS) is 16.7. The molecule has 1 atom stereocenters. The van der Waals surface area contributed by atoms with E-state index in [0.29, 0.717) is 34.5 Å². The number of anilines is 2. The molecule has 1 aromatic heterocycles. The minimum absolute atomic E-state index is 0.416. The van der Waals surface area contributed by atoms with Gasteiger partial charge in [0.05, 0.1) is 7.11 Å². The van der Waals surface area contributed by atoms with Gasteiger partial charge in [0.25, 0.3) is 0 Å². The second kappa shape index (κ2) is 9.19. The molecule has 27 heavy (non-hydrogen) atoms. The van der Waals surface area contributed by atoms with Crippen LogP contribution in [0.4, 0.5) is 11.8 Å². The number of halogens is 1. The number of rotatable bonds is 5. The van der Waals surface area contributed by atoms with Gasteiger partial charge in [0.1, 0.15) is 5.82 Å². The molecule has 2 N–H and O–H groups in total. The molecular weight excluding hydrogens is 382 g/mol. The lowest BCUT2D eigenvalue weighted by Crippen LogP contribution is -2.38. The highest BCUT2D eigenvalue weighted by Crippen LogP contribution is 2.26. The highest BCUT2D eigenvalue weighted by Gasteiger charge is 2.21. The molecule has 0 saturated carbocycles. The van der Waals surface area contributed by atoms with Crippen LogP contribution in [-0.2, 0) is 6.54 Å². The molecule has 0 aliphatic carbocycles. The number of ether oxygens (including phenoxy) is 1. The molecule has 2 aromatic rings. The molecule has 3 rings (SSSR count). The second-order valence-corrected chi connectivity index (χ2v) is 7.34. The summed E-state index contributed by atoms with van der Waals surface area (Å²) >= 11 is 11.6. The minimum atomic E-state index is 0.416. The molecule has 1 fully saturated rings. The van der Waals surface area contributed by atoms with Crippen LogP contribution in [0.3, 0.4) is 0 Å². The van der Waals surface area contributed by atoms with E-state index in [1.54, 1.807) is 7.11 Å². The third-order valence-corrected chi connectivity index (χ3v) is 5.23. The molecule has 1 aliphatic rings. The zero-order chi connectivity index (χ0) is 19.2. The van der Waals surface area contributed by atoms with Crippen LogP contribution in [0.25, 0.3) is 0 Å². The number of benzene rings is 1. The molecule has 0 amide bonds. The van der Waals surface area contributed by atoms with Crippen molar-refractivity contribution in [3.63, 3.8) is 0 Å². The predicted octanol–water partition coefficient (Wildman–Crippen LogP) is 4.00. The minimum Gasteiger partial charge on any atom is -0.481 e. The Balaban J connectivity index is 1.69. The van der Waals surface area contributed by atoms with Crippen molar-refractivity contribution in [1.82, 2.24) is 15.3 Å². The van der Waals surface area contributed by atoms with Crippen LogP contribution in [0.1, 0.15) is 31.7 Å². The van der Waals surface area contributed by atoms with Gasteiger partial charge in [-0.1, -0.05) is 29.8 Å². The van der Waals surface area contributed by atoms with Gasteiger partial charge < -0.3 is 20.3 Å². The van der Waals surface area contributed by atoms with E-state index in [2.05, 4.69) is 32.4 Å². The van der Waals surface area contributed by atoms with Crippen molar-refractivity contribution >= 4 is 40.7 Å². The van der Waals surface area contributed by atoms with E-state index in [1.807, 2.05) is 30.3 Å². The lowest BCUT2D eigenvalue weighted by atomic mass is 10.0. The van der Waals surface area contributed by atoms with E-state index in [4.69, 9.17) is 28.6 Å². The number of aromatic nitrogens is 2. The quantitative estimate of drug-likeness (QED) is 0.729. The fourth-order valence-corrected chi connectivity index (χ4v) is 3.49. The van der Waals surface area contributed by atoms with E-state index in [0.717, 1.165) is 30.8 Å². The van der Waals surface area contributed by atoms with Crippen molar-refractivity contribution in [2.45, 2.75) is 38.8 Å². The summed E-state index contributed by atoms with van der Waals surface area (Å²) < 4.78 is 5.35. The van der Waals surface area contributed by atoms with E-state index < -0.39 is 0 Å². The van der Waals surface area contributed by atoms with E-state index >= 15 is 0 Å². The molecule has 0 bridgehead atoms. The summed E-state index contributed by atoms with van der Waals surface area (Å²) in [6.45, 7) is 3.72. The maximum absolute atomic E-state index is 6.18. The summed E-state index contributed by atoms with van der Waals surface area (Å²) in [5.74, 6) is 1.78. The molecule has 6 nitrogen and oxygen atoms in total. The lowest BCUT2D eigenvalue weighted by molar-refractivity contribution is 0.396. The summed E-state index contributed by atoms with van der Waals surface area (Å²) in [5.41, 5.74) is 0.970. The predicted molar refractivity (Wildman–Crippen MR) is 114 cm³/mol. The number of hydrogen-bond donors (Lipinski definition) is 2. The largest absolute Gasteiger partial charge is 0.481 e. The van der Waals surface area contributed by atoms with Crippen LogP contribution in [0, 0.1) is 0 Å². The topological polar surface area (TPSA) is 62.3 Å². The Morgan fingerprint density at radius 3 is 2.89 bits per heavy atom. The van der Waals surface area contributed by atoms with Gasteiger partial charge >= 0.3 is 0 Å². The molecule has 1 saturated heterocycles. The number of piperidine rings is 1. The fourth-order valence-electron chi connectivity index (χ4n) is 3.12. The summed E-state index contributed by atoms with van der Waals surface area (Å²) in [4.78, 5) is 11.3. The first kappa shape index (κ1) is 19.6. The molecule has 0 spiro atoms. The summed E-state index contributed by atoms with van der Waals surface area (Å²) in [6, 6.07) is 9.96. The lowest BCUT2D eigenvalue weighted by Gasteiger charge is -2.34. The van der Waals surface area contributed by atoms with Crippen molar-refractivity contribution < 1.29 is 4.74 Å². The molecule has 2 heterocycles. The standard InChI is InChI=1S/C19H24ClN5OS/c1-13-7-5-6-10-25(13)16-11-17(26-2)23-18(22-16)24-19(27)21-12-14-8-3-4-9-15(14)20/h3-4,8-9,11,13H,5-7,10,12H2,1-2H3,(H2,21,22,23,24,27)/t13-/m0/s1. The SMILES string of the molecule is COc1cc(N2CCCC[C@@H]2C)nc(NC(=S)NCc2ccccc2Cl)n1. The van der Waals surface area contributed by atoms with Gasteiger partial charge in [0.2, 0.25) is 11.8 Å². The molecular formula is C19H24ClN5OS. The van der Waals surface area contributed by atoms with Gasteiger partial charge in [0, 0.05) is 30.2 Å². The molecule has 1 aliphatic heterocycles. The van der Waals surface area contributed by atoms with Gasteiger partial charge in [-0.05, 0) is 50.0 Å². The van der Waals surface area contributed by atoms with Gasteiger partial charge in [-0.3, -0.25) is 0 Å². The van der Waals surface area contributed by atoms with Crippen LogP contribution < -0.4 is 20.3 Å². The van der Waals surface area contributed by atoms with Crippen LogP contribution >= 0.6 is 23.8 Å². The first-order valence-electron chi connectivity index (χ1n) is 9.05. The summed E-state index contributed by atoms with van der Waals surface area (Å²) in [7, 11) is 1.60. The number of nitrogens with zero attached hydrogens (tertiary/aromatic N) is 3. The third-order valence-electron chi connectivity index (χ3n) is 4.62. The Morgan fingerprint density at radius 1 is 1.33 bits per heavy atom. The van der Waals surface area contributed by atoms with Crippen LogP contribution in [0.5, 0.6) is 5.88 Å².